The normalized spacial score (nSPS) is 22.3. The lowest BCUT2D eigenvalue weighted by molar-refractivity contribution is -0.157. The molecule has 2 amide bonds. The first-order valence-electron chi connectivity index (χ1n) is 14.1. The lowest BCUT2D eigenvalue weighted by Crippen LogP contribution is -2.71. The van der Waals surface area contributed by atoms with Crippen LogP contribution in [0.4, 0.5) is 0 Å². The molecule has 3 aromatic rings. The van der Waals surface area contributed by atoms with Gasteiger partial charge in [0, 0.05) is 18.7 Å². The number of piperazine rings is 2. The highest BCUT2D eigenvalue weighted by atomic mass is 16.5. The van der Waals surface area contributed by atoms with Crippen LogP contribution in [0.3, 0.4) is 0 Å². The Balaban J connectivity index is 1.25. The van der Waals surface area contributed by atoms with Gasteiger partial charge < -0.3 is 20.3 Å². The van der Waals surface area contributed by atoms with Crippen LogP contribution in [0.25, 0.3) is 6.08 Å². The number of hydrogen-bond donors (Lipinski definition) is 2. The van der Waals surface area contributed by atoms with Crippen molar-refractivity contribution < 1.29 is 19.1 Å². The Kier molecular flexibility index (Phi) is 7.43. The van der Waals surface area contributed by atoms with Gasteiger partial charge in [0.25, 0.3) is 11.8 Å². The van der Waals surface area contributed by atoms with Crippen molar-refractivity contribution in [2.75, 3.05) is 33.8 Å². The highest BCUT2D eigenvalue weighted by molar-refractivity contribution is 6.12. The molecule has 3 aliphatic heterocycles. The lowest BCUT2D eigenvalue weighted by atomic mass is 9.84. The number of nitrogens with one attached hydrogen (secondary N) is 2. The fourth-order valence-electron chi connectivity index (χ4n) is 5.92. The number of Topliss-reactive ketones (excluding diaryl/α,β-unsaturated/α-hetero) is 1. The number of carbonyl (C=O) groups excluding carboxylic acids is 3. The van der Waals surface area contributed by atoms with Gasteiger partial charge >= 0.3 is 0 Å². The third-order valence-corrected chi connectivity index (χ3v) is 8.01. The summed E-state index contributed by atoms with van der Waals surface area (Å²) in [6.45, 7) is 2.29. The first-order valence-corrected chi connectivity index (χ1v) is 14.1. The number of amides is 2. The summed E-state index contributed by atoms with van der Waals surface area (Å²) in [4.78, 5) is 43.6. The molecule has 210 valence electrons. The molecular weight excluding hydrogens is 516 g/mol. The third-order valence-electron chi connectivity index (χ3n) is 8.01. The van der Waals surface area contributed by atoms with Crippen molar-refractivity contribution >= 4 is 23.7 Å². The molecule has 3 atom stereocenters. The summed E-state index contributed by atoms with van der Waals surface area (Å²) in [6, 6.07) is 21.5. The van der Waals surface area contributed by atoms with Crippen molar-refractivity contribution in [1.82, 2.24) is 20.4 Å². The Morgan fingerprint density at radius 3 is 2.59 bits per heavy atom. The van der Waals surface area contributed by atoms with Crippen LogP contribution < -0.4 is 15.4 Å². The van der Waals surface area contributed by atoms with E-state index in [9.17, 15) is 14.4 Å². The average molecular weight is 551 g/mol. The largest absolute Gasteiger partial charge is 0.494 e. The number of β-lactam (4-membered cyclic amide) rings is 1. The number of nitrogens with zero attached hydrogens (tertiary/aromatic N) is 2. The van der Waals surface area contributed by atoms with Crippen LogP contribution in [0.2, 0.25) is 0 Å². The SMILES string of the molecule is CN(C)CCCOc1ccc(C2C3NC(=O)C(=Cc4ccccc4C(=O)C4NCCc5ccccc54)N2C3=O)cc1. The van der Waals surface area contributed by atoms with Gasteiger partial charge in [-0.25, -0.2) is 0 Å². The minimum atomic E-state index is -0.605. The Bertz CT molecular complexity index is 1510. The smallest absolute Gasteiger partial charge is 0.268 e. The maximum atomic E-state index is 13.8. The van der Waals surface area contributed by atoms with Crippen LogP contribution in [0.15, 0.2) is 78.5 Å². The monoisotopic (exact) mass is 550 g/mol. The number of benzene rings is 3. The van der Waals surface area contributed by atoms with E-state index in [1.54, 1.807) is 17.0 Å². The molecule has 3 aliphatic rings. The molecule has 8 nitrogen and oxygen atoms in total. The van der Waals surface area contributed by atoms with Gasteiger partial charge in [0.2, 0.25) is 0 Å². The Morgan fingerprint density at radius 2 is 1.78 bits per heavy atom. The number of ketones is 1. The van der Waals surface area contributed by atoms with Crippen LogP contribution in [-0.4, -0.2) is 67.2 Å². The lowest BCUT2D eigenvalue weighted by Gasteiger charge is -2.52. The number of ether oxygens (including phenoxy) is 1. The predicted octanol–water partition coefficient (Wildman–Crippen LogP) is 3.51. The van der Waals surface area contributed by atoms with Crippen LogP contribution >= 0.6 is 0 Å². The minimum absolute atomic E-state index is 0.0636. The van der Waals surface area contributed by atoms with Gasteiger partial charge in [0.05, 0.1) is 18.7 Å². The summed E-state index contributed by atoms with van der Waals surface area (Å²) in [5.74, 6) is 0.224. The van der Waals surface area contributed by atoms with E-state index in [0.717, 1.165) is 41.8 Å². The summed E-state index contributed by atoms with van der Waals surface area (Å²) >= 11 is 0. The van der Waals surface area contributed by atoms with Gasteiger partial charge in [-0.1, -0.05) is 60.7 Å². The first-order chi connectivity index (χ1) is 19.9. The zero-order valence-corrected chi connectivity index (χ0v) is 23.3. The molecule has 3 aromatic carbocycles. The van der Waals surface area contributed by atoms with Gasteiger partial charge in [0.15, 0.2) is 5.78 Å². The van der Waals surface area contributed by atoms with Crippen molar-refractivity contribution in [1.29, 1.82) is 0 Å². The molecule has 6 rings (SSSR count). The molecule has 2 saturated heterocycles. The van der Waals surface area contributed by atoms with Crippen molar-refractivity contribution in [2.24, 2.45) is 0 Å². The summed E-state index contributed by atoms with van der Waals surface area (Å²) in [5, 5.41) is 6.24. The molecule has 0 radical (unpaired) electrons. The van der Waals surface area contributed by atoms with E-state index in [1.165, 1.54) is 0 Å². The average Bonchev–Trinajstić information content (AvgIpc) is 2.99. The van der Waals surface area contributed by atoms with Crippen molar-refractivity contribution in [3.63, 3.8) is 0 Å². The second kappa shape index (κ2) is 11.3. The van der Waals surface area contributed by atoms with Crippen LogP contribution in [-0.2, 0) is 16.0 Å². The molecule has 0 aromatic heterocycles. The third kappa shape index (κ3) is 5.16. The van der Waals surface area contributed by atoms with Crippen LogP contribution in [0.1, 0.15) is 51.1 Å². The molecule has 41 heavy (non-hydrogen) atoms. The summed E-state index contributed by atoms with van der Waals surface area (Å²) in [5.41, 5.74) is 4.40. The molecule has 3 heterocycles. The summed E-state index contributed by atoms with van der Waals surface area (Å²) < 4.78 is 5.86. The van der Waals surface area contributed by atoms with E-state index < -0.39 is 12.1 Å². The van der Waals surface area contributed by atoms with E-state index in [0.29, 0.717) is 24.3 Å². The molecular formula is C33H34N4O4. The molecule has 0 spiro atoms. The minimum Gasteiger partial charge on any atom is -0.494 e. The first kappa shape index (κ1) is 26.9. The zero-order chi connectivity index (χ0) is 28.5. The number of hydrogen-bond acceptors (Lipinski definition) is 6. The maximum absolute atomic E-state index is 13.8. The molecule has 3 unspecified atom stereocenters. The van der Waals surface area contributed by atoms with E-state index >= 15 is 0 Å². The highest BCUT2D eigenvalue weighted by Crippen LogP contribution is 2.42. The van der Waals surface area contributed by atoms with Crippen molar-refractivity contribution in [2.45, 2.75) is 31.0 Å². The molecule has 0 saturated carbocycles. The number of rotatable bonds is 9. The summed E-state index contributed by atoms with van der Waals surface area (Å²) in [6.07, 6.45) is 3.46. The van der Waals surface area contributed by atoms with E-state index in [4.69, 9.17) is 4.74 Å². The fourth-order valence-corrected chi connectivity index (χ4v) is 5.92. The highest BCUT2D eigenvalue weighted by Gasteiger charge is 2.56. The van der Waals surface area contributed by atoms with Gasteiger partial charge in [-0.05, 0) is 67.4 Å². The Hall–Kier alpha value is -4.27. The molecule has 8 heteroatoms. The maximum Gasteiger partial charge on any atom is 0.268 e. The van der Waals surface area contributed by atoms with Gasteiger partial charge in [0.1, 0.15) is 17.5 Å². The Morgan fingerprint density at radius 1 is 1.02 bits per heavy atom. The molecule has 2 N–H and O–H groups in total. The van der Waals surface area contributed by atoms with Gasteiger partial charge in [-0.2, -0.15) is 0 Å². The van der Waals surface area contributed by atoms with Crippen molar-refractivity contribution in [3.8, 4) is 5.75 Å². The van der Waals surface area contributed by atoms with Gasteiger partial charge in [-0.15, -0.1) is 0 Å². The molecule has 2 bridgehead atoms. The van der Waals surface area contributed by atoms with E-state index in [2.05, 4.69) is 21.6 Å². The second-order valence-electron chi connectivity index (χ2n) is 11.0. The summed E-state index contributed by atoms with van der Waals surface area (Å²) in [7, 11) is 4.07. The topological polar surface area (TPSA) is 91.0 Å². The van der Waals surface area contributed by atoms with E-state index in [1.807, 2.05) is 74.8 Å². The zero-order valence-electron chi connectivity index (χ0n) is 23.3. The number of fused-ring (bicyclic) bond motifs is 3. The van der Waals surface area contributed by atoms with Crippen LogP contribution in [0, 0.1) is 0 Å². The van der Waals surface area contributed by atoms with Gasteiger partial charge in [-0.3, -0.25) is 19.3 Å². The number of carbonyl (C=O) groups is 3. The Labute approximate surface area is 240 Å². The quantitative estimate of drug-likeness (QED) is 0.183. The second-order valence-corrected chi connectivity index (χ2v) is 11.0. The van der Waals surface area contributed by atoms with E-state index in [-0.39, 0.29) is 29.3 Å². The fraction of sp³-hybridized carbons (Fsp3) is 0.303. The predicted molar refractivity (Wildman–Crippen MR) is 156 cm³/mol. The molecule has 2 fully saturated rings. The van der Waals surface area contributed by atoms with Crippen LogP contribution in [0.5, 0.6) is 5.75 Å². The van der Waals surface area contributed by atoms with Crippen molar-refractivity contribution in [3.05, 3.63) is 106 Å². The standard InChI is InChI=1S/C33H34N4O4/c1-36(2)18-7-19-41-24-14-12-22(13-15-24)30-29-33(40)37(30)27(32(39)35-29)20-23-9-4-6-11-26(23)31(38)28-25-10-5-3-8-21(25)16-17-34-28/h3-6,8-15,20,28-30,34H,7,16-19H2,1-2H3,(H,35,39). The molecule has 0 aliphatic carbocycles.